The Morgan fingerprint density at radius 3 is 2.68 bits per heavy atom. The fourth-order valence-corrected chi connectivity index (χ4v) is 2.55. The van der Waals surface area contributed by atoms with Gasteiger partial charge in [0.2, 0.25) is 5.91 Å². The number of carbonyl (C=O) groups is 1. The summed E-state index contributed by atoms with van der Waals surface area (Å²) in [5.74, 6) is -0.206. The third-order valence-electron chi connectivity index (χ3n) is 3.43. The van der Waals surface area contributed by atoms with Gasteiger partial charge in [0.1, 0.15) is 11.7 Å². The lowest BCUT2D eigenvalue weighted by atomic mass is 10.1. The number of alkyl halides is 2. The summed E-state index contributed by atoms with van der Waals surface area (Å²) in [6.07, 6.45) is 2.61. The lowest BCUT2D eigenvalue weighted by molar-refractivity contribution is -0.118. The molecule has 1 heterocycles. The molecule has 2 rings (SSSR count). The second-order valence-electron chi connectivity index (χ2n) is 4.96. The van der Waals surface area contributed by atoms with E-state index < -0.39 is 10.5 Å². The number of para-hydroxylation sites is 1. The number of azo groups is 1. The fourth-order valence-electron chi connectivity index (χ4n) is 2.23. The van der Waals surface area contributed by atoms with Gasteiger partial charge in [-0.1, -0.05) is 43.6 Å². The number of rotatable bonds is 6. The van der Waals surface area contributed by atoms with Gasteiger partial charge >= 0.3 is 0 Å². The van der Waals surface area contributed by atoms with Crippen LogP contribution in [-0.4, -0.2) is 29.3 Å². The molecule has 1 aliphatic rings. The number of hydrogen-bond acceptors (Lipinski definition) is 4. The summed E-state index contributed by atoms with van der Waals surface area (Å²) in [5, 5.41) is 5.67. The standard InChI is InChI=1S/C15H18Cl2N4O/c1-3-11-7-5-6-8-13(11)21(14(22)12(16)4-2)9-15(17)18-10-19-20-15/h5-8,10,12H,3-4,9H2,1-2H3. The smallest absolute Gasteiger partial charge is 0.264 e. The molecule has 0 radical (unpaired) electrons. The van der Waals surface area contributed by atoms with Crippen molar-refractivity contribution in [3.63, 3.8) is 0 Å². The Bertz CT molecular complexity index is 591. The minimum atomic E-state index is -1.28. The molecule has 1 aliphatic heterocycles. The maximum Gasteiger partial charge on any atom is 0.264 e. The van der Waals surface area contributed by atoms with Gasteiger partial charge in [0, 0.05) is 5.69 Å². The highest BCUT2D eigenvalue weighted by molar-refractivity contribution is 6.33. The highest BCUT2D eigenvalue weighted by Crippen LogP contribution is 2.30. The lowest BCUT2D eigenvalue weighted by Crippen LogP contribution is -2.44. The van der Waals surface area contributed by atoms with Gasteiger partial charge in [-0.05, 0) is 24.5 Å². The number of aryl methyl sites for hydroxylation is 1. The first-order valence-electron chi connectivity index (χ1n) is 7.18. The van der Waals surface area contributed by atoms with Crippen LogP contribution in [0.1, 0.15) is 25.8 Å². The van der Waals surface area contributed by atoms with Gasteiger partial charge in [-0.25, -0.2) is 4.99 Å². The predicted octanol–water partition coefficient (Wildman–Crippen LogP) is 3.99. The van der Waals surface area contributed by atoms with Gasteiger partial charge < -0.3 is 4.90 Å². The number of aliphatic imine (C=N–C) groups is 1. The second kappa shape index (κ2) is 7.20. The molecule has 7 heteroatoms. The van der Waals surface area contributed by atoms with Crippen LogP contribution in [0.25, 0.3) is 0 Å². The van der Waals surface area contributed by atoms with Crippen molar-refractivity contribution >= 4 is 41.1 Å². The van der Waals surface area contributed by atoms with Crippen molar-refractivity contribution in [1.82, 2.24) is 0 Å². The fraction of sp³-hybridized carbons (Fsp3) is 0.467. The first-order valence-corrected chi connectivity index (χ1v) is 8.00. The first-order chi connectivity index (χ1) is 10.5. The van der Waals surface area contributed by atoms with Crippen LogP contribution in [0.4, 0.5) is 5.69 Å². The van der Waals surface area contributed by atoms with Crippen molar-refractivity contribution in [3.8, 4) is 0 Å². The summed E-state index contributed by atoms with van der Waals surface area (Å²) < 4.78 is 0. The lowest BCUT2D eigenvalue weighted by Gasteiger charge is -2.29. The van der Waals surface area contributed by atoms with Gasteiger partial charge in [0.25, 0.3) is 5.12 Å². The monoisotopic (exact) mass is 340 g/mol. The van der Waals surface area contributed by atoms with Crippen LogP contribution in [0.5, 0.6) is 0 Å². The largest absolute Gasteiger partial charge is 0.305 e. The minimum absolute atomic E-state index is 0.0909. The van der Waals surface area contributed by atoms with Crippen LogP contribution in [0, 0.1) is 0 Å². The van der Waals surface area contributed by atoms with Crippen LogP contribution in [0.15, 0.2) is 39.5 Å². The Balaban J connectivity index is 2.39. The van der Waals surface area contributed by atoms with Crippen molar-refractivity contribution < 1.29 is 4.79 Å². The number of anilines is 1. The third kappa shape index (κ3) is 3.65. The number of benzene rings is 1. The quantitative estimate of drug-likeness (QED) is 0.570. The zero-order valence-electron chi connectivity index (χ0n) is 12.5. The maximum atomic E-state index is 12.7. The van der Waals surface area contributed by atoms with Crippen LogP contribution in [0.3, 0.4) is 0 Å². The summed E-state index contributed by atoms with van der Waals surface area (Å²) in [6.45, 7) is 3.99. The summed E-state index contributed by atoms with van der Waals surface area (Å²) in [7, 11) is 0. The Morgan fingerprint density at radius 1 is 1.36 bits per heavy atom. The Hall–Kier alpha value is -1.46. The molecular formula is C15H18Cl2N4O. The van der Waals surface area contributed by atoms with Gasteiger partial charge in [-0.2, -0.15) is 0 Å². The number of hydrogen-bond donors (Lipinski definition) is 0. The van der Waals surface area contributed by atoms with E-state index in [0.29, 0.717) is 6.42 Å². The minimum Gasteiger partial charge on any atom is -0.305 e. The maximum absolute atomic E-state index is 12.7. The molecule has 1 amide bonds. The van der Waals surface area contributed by atoms with Crippen molar-refractivity contribution in [2.45, 2.75) is 37.2 Å². The van der Waals surface area contributed by atoms with Gasteiger partial charge in [-0.3, -0.25) is 4.79 Å². The average Bonchev–Trinajstić information content (AvgIpc) is 2.98. The van der Waals surface area contributed by atoms with Crippen LogP contribution < -0.4 is 4.90 Å². The second-order valence-corrected chi connectivity index (χ2v) is 6.09. The summed E-state index contributed by atoms with van der Waals surface area (Å²) >= 11 is 12.5. The molecule has 5 nitrogen and oxygen atoms in total. The van der Waals surface area contributed by atoms with Crippen molar-refractivity contribution in [2.24, 2.45) is 15.2 Å². The number of carbonyl (C=O) groups excluding carboxylic acids is 1. The zero-order chi connectivity index (χ0) is 16.2. The number of amides is 1. The topological polar surface area (TPSA) is 57.4 Å². The van der Waals surface area contributed by atoms with E-state index in [1.54, 1.807) is 4.90 Å². The highest BCUT2D eigenvalue weighted by atomic mass is 35.5. The van der Waals surface area contributed by atoms with E-state index in [1.807, 2.05) is 38.1 Å². The zero-order valence-corrected chi connectivity index (χ0v) is 14.1. The molecule has 0 saturated carbocycles. The molecule has 1 aromatic rings. The van der Waals surface area contributed by atoms with E-state index in [4.69, 9.17) is 23.2 Å². The van der Waals surface area contributed by atoms with Gasteiger partial charge in [0.05, 0.1) is 6.54 Å². The van der Waals surface area contributed by atoms with Crippen LogP contribution in [0.2, 0.25) is 0 Å². The van der Waals surface area contributed by atoms with Crippen LogP contribution in [-0.2, 0) is 11.2 Å². The summed E-state index contributed by atoms with van der Waals surface area (Å²) in [5.41, 5.74) is 1.82. The number of halogens is 2. The normalized spacial score (nSPS) is 21.1. The van der Waals surface area contributed by atoms with Crippen LogP contribution >= 0.6 is 23.2 Å². The van der Waals surface area contributed by atoms with Gasteiger partial charge in [-0.15, -0.1) is 21.8 Å². The third-order valence-corrected chi connectivity index (χ3v) is 4.22. The average molecular weight is 341 g/mol. The predicted molar refractivity (Wildman–Crippen MR) is 90.0 cm³/mol. The molecule has 1 aromatic carbocycles. The molecule has 2 unspecified atom stereocenters. The number of nitrogens with zero attached hydrogens (tertiary/aromatic N) is 4. The SMILES string of the molecule is CCc1ccccc1N(CC1(Cl)N=CN=N1)C(=O)C(Cl)CC. The molecule has 0 bridgehead atoms. The molecule has 118 valence electrons. The van der Waals surface area contributed by atoms with E-state index in [9.17, 15) is 4.79 Å². The van der Waals surface area contributed by atoms with E-state index in [1.165, 1.54) is 6.34 Å². The van der Waals surface area contributed by atoms with E-state index >= 15 is 0 Å². The Kier molecular flexibility index (Phi) is 5.53. The summed E-state index contributed by atoms with van der Waals surface area (Å²) in [6, 6.07) is 7.67. The Morgan fingerprint density at radius 2 is 2.09 bits per heavy atom. The van der Waals surface area contributed by atoms with Crippen molar-refractivity contribution in [3.05, 3.63) is 29.8 Å². The molecule has 0 N–H and O–H groups in total. The van der Waals surface area contributed by atoms with Gasteiger partial charge in [0.15, 0.2) is 0 Å². The molecule has 0 aliphatic carbocycles. The molecular weight excluding hydrogens is 323 g/mol. The van der Waals surface area contributed by atoms with Crippen molar-refractivity contribution in [1.29, 1.82) is 0 Å². The van der Waals surface area contributed by atoms with Crippen molar-refractivity contribution in [2.75, 3.05) is 11.4 Å². The van der Waals surface area contributed by atoms with E-state index in [-0.39, 0.29) is 12.5 Å². The molecule has 22 heavy (non-hydrogen) atoms. The van der Waals surface area contributed by atoms with E-state index in [0.717, 1.165) is 17.7 Å². The molecule has 0 saturated heterocycles. The highest BCUT2D eigenvalue weighted by Gasteiger charge is 2.35. The first kappa shape index (κ1) is 16.9. The molecule has 0 fully saturated rings. The molecule has 0 spiro atoms. The summed E-state index contributed by atoms with van der Waals surface area (Å²) in [4.78, 5) is 18.3. The molecule has 0 aromatic heterocycles. The van der Waals surface area contributed by atoms with E-state index in [2.05, 4.69) is 15.2 Å². The Labute approximate surface area is 140 Å². The molecule has 2 atom stereocenters.